The maximum Gasteiger partial charge on any atom is 0.0885 e. The van der Waals surface area contributed by atoms with E-state index in [4.69, 9.17) is 0 Å². The summed E-state index contributed by atoms with van der Waals surface area (Å²) in [6.45, 7) is 14.7. The lowest BCUT2D eigenvalue weighted by Crippen LogP contribution is -2.44. The molecule has 0 atom stereocenters. The third-order valence-corrected chi connectivity index (χ3v) is 3.18. The molecule has 0 aromatic carbocycles. The van der Waals surface area contributed by atoms with Gasteiger partial charge in [0.2, 0.25) is 0 Å². The zero-order valence-corrected chi connectivity index (χ0v) is 11.1. The van der Waals surface area contributed by atoms with Crippen LogP contribution >= 0.6 is 0 Å². The first-order valence-electron chi connectivity index (χ1n) is 6.74. The van der Waals surface area contributed by atoms with Crippen molar-refractivity contribution in [2.75, 3.05) is 19.6 Å². The van der Waals surface area contributed by atoms with E-state index in [0.717, 1.165) is 4.48 Å². The molecule has 0 radical (unpaired) electrons. The second-order valence-electron chi connectivity index (χ2n) is 4.63. The van der Waals surface area contributed by atoms with Crippen LogP contribution in [-0.2, 0) is 0 Å². The van der Waals surface area contributed by atoms with Gasteiger partial charge < -0.3 is 0 Å². The van der Waals surface area contributed by atoms with Crippen LogP contribution in [0.2, 0.25) is 0 Å². The highest BCUT2D eigenvalue weighted by molar-refractivity contribution is 4.58. The van der Waals surface area contributed by atoms with Gasteiger partial charge in [0.05, 0.1) is 25.8 Å². The molecular formula is C14H30N+. The molecule has 0 unspecified atom stereocenters. The maximum absolute atomic E-state index is 4.04. The SMILES string of the molecule is C=C[N+](CCC)(CCC)CCCCCC. The van der Waals surface area contributed by atoms with Crippen molar-refractivity contribution in [1.29, 1.82) is 0 Å². The molecule has 0 saturated heterocycles. The summed E-state index contributed by atoms with van der Waals surface area (Å²) in [5.41, 5.74) is 0. The first-order chi connectivity index (χ1) is 7.24. The molecule has 0 aliphatic heterocycles. The normalized spacial score (nSPS) is 11.7. The van der Waals surface area contributed by atoms with Gasteiger partial charge in [0.15, 0.2) is 0 Å². The van der Waals surface area contributed by atoms with Crippen LogP contribution in [0.3, 0.4) is 0 Å². The molecule has 0 spiro atoms. The summed E-state index contributed by atoms with van der Waals surface area (Å²) in [6, 6.07) is 0. The van der Waals surface area contributed by atoms with Crippen LogP contribution in [0, 0.1) is 0 Å². The Morgan fingerprint density at radius 2 is 1.40 bits per heavy atom. The maximum atomic E-state index is 4.04. The van der Waals surface area contributed by atoms with Crippen molar-refractivity contribution in [3.8, 4) is 0 Å². The summed E-state index contributed by atoms with van der Waals surface area (Å²) in [7, 11) is 0. The molecular weight excluding hydrogens is 182 g/mol. The monoisotopic (exact) mass is 212 g/mol. The highest BCUT2D eigenvalue weighted by Crippen LogP contribution is 2.14. The Morgan fingerprint density at radius 3 is 1.80 bits per heavy atom. The zero-order chi connectivity index (χ0) is 11.6. The van der Waals surface area contributed by atoms with Crippen LogP contribution in [-0.4, -0.2) is 24.1 Å². The van der Waals surface area contributed by atoms with Gasteiger partial charge in [-0.2, -0.15) is 0 Å². The molecule has 1 heteroatoms. The number of hydrogen-bond donors (Lipinski definition) is 0. The molecule has 0 aromatic heterocycles. The minimum Gasteiger partial charge on any atom is -0.298 e. The van der Waals surface area contributed by atoms with E-state index in [1.54, 1.807) is 0 Å². The van der Waals surface area contributed by atoms with Crippen LogP contribution in [0.4, 0.5) is 0 Å². The van der Waals surface area contributed by atoms with E-state index in [1.807, 2.05) is 0 Å². The lowest BCUT2D eigenvalue weighted by atomic mass is 10.1. The Labute approximate surface area is 96.8 Å². The number of rotatable bonds is 10. The highest BCUT2D eigenvalue weighted by Gasteiger charge is 2.20. The van der Waals surface area contributed by atoms with Gasteiger partial charge in [0.25, 0.3) is 0 Å². The summed E-state index contributed by atoms with van der Waals surface area (Å²) < 4.78 is 1.14. The van der Waals surface area contributed by atoms with Crippen LogP contribution in [0.15, 0.2) is 12.8 Å². The predicted octanol–water partition coefficient (Wildman–Crippen LogP) is 4.35. The Balaban J connectivity index is 4.02. The average Bonchev–Trinajstić information content (AvgIpc) is 2.25. The Kier molecular flexibility index (Phi) is 8.79. The Hall–Kier alpha value is -0.300. The number of quaternary nitrogens is 1. The molecule has 1 nitrogen and oxygen atoms in total. The molecule has 0 rings (SSSR count). The lowest BCUT2D eigenvalue weighted by Gasteiger charge is -2.34. The Morgan fingerprint density at radius 1 is 0.800 bits per heavy atom. The molecule has 0 heterocycles. The highest BCUT2D eigenvalue weighted by atomic mass is 15.3. The molecule has 0 bridgehead atoms. The summed E-state index contributed by atoms with van der Waals surface area (Å²) in [5.74, 6) is 0. The smallest absolute Gasteiger partial charge is 0.0885 e. The molecule has 0 aliphatic carbocycles. The first kappa shape index (κ1) is 14.7. The van der Waals surface area contributed by atoms with Gasteiger partial charge in [-0.05, 0) is 32.3 Å². The molecule has 0 fully saturated rings. The van der Waals surface area contributed by atoms with Crippen molar-refractivity contribution in [1.82, 2.24) is 0 Å². The van der Waals surface area contributed by atoms with E-state index in [9.17, 15) is 0 Å². The topological polar surface area (TPSA) is 0 Å². The summed E-state index contributed by atoms with van der Waals surface area (Å²) in [4.78, 5) is 0. The van der Waals surface area contributed by atoms with E-state index in [-0.39, 0.29) is 0 Å². The van der Waals surface area contributed by atoms with E-state index < -0.39 is 0 Å². The standard InChI is InChI=1S/C14H30N/c1-5-9-10-11-14-15(8-4,12-6-2)13-7-3/h8H,4-7,9-14H2,1-3H3/q+1. The number of unbranched alkanes of at least 4 members (excludes halogenated alkanes) is 3. The van der Waals surface area contributed by atoms with Crippen molar-refractivity contribution in [3.63, 3.8) is 0 Å². The molecule has 15 heavy (non-hydrogen) atoms. The first-order valence-corrected chi connectivity index (χ1v) is 6.74. The molecule has 0 saturated carbocycles. The quantitative estimate of drug-likeness (QED) is 0.373. The van der Waals surface area contributed by atoms with Gasteiger partial charge >= 0.3 is 0 Å². The van der Waals surface area contributed by atoms with Gasteiger partial charge in [0, 0.05) is 0 Å². The summed E-state index contributed by atoms with van der Waals surface area (Å²) >= 11 is 0. The van der Waals surface area contributed by atoms with Crippen LogP contribution < -0.4 is 0 Å². The number of nitrogens with zero attached hydrogens (tertiary/aromatic N) is 1. The summed E-state index contributed by atoms with van der Waals surface area (Å²) in [5, 5.41) is 0. The minimum absolute atomic E-state index is 1.14. The van der Waals surface area contributed by atoms with Crippen molar-refractivity contribution in [3.05, 3.63) is 12.8 Å². The largest absolute Gasteiger partial charge is 0.298 e. The van der Waals surface area contributed by atoms with E-state index in [1.165, 1.54) is 58.2 Å². The third-order valence-electron chi connectivity index (χ3n) is 3.18. The fourth-order valence-electron chi connectivity index (χ4n) is 2.35. The summed E-state index contributed by atoms with van der Waals surface area (Å²) in [6.07, 6.45) is 10.2. The van der Waals surface area contributed by atoms with Crippen LogP contribution in [0.1, 0.15) is 59.3 Å². The lowest BCUT2D eigenvalue weighted by molar-refractivity contribution is -0.879. The molecule has 0 amide bonds. The fraction of sp³-hybridized carbons (Fsp3) is 0.857. The average molecular weight is 212 g/mol. The van der Waals surface area contributed by atoms with Crippen molar-refractivity contribution >= 4 is 0 Å². The molecule has 0 aliphatic rings. The zero-order valence-electron chi connectivity index (χ0n) is 11.1. The van der Waals surface area contributed by atoms with E-state index in [2.05, 4.69) is 33.6 Å². The second-order valence-corrected chi connectivity index (χ2v) is 4.63. The molecule has 0 aromatic rings. The van der Waals surface area contributed by atoms with Gasteiger partial charge in [-0.15, -0.1) is 0 Å². The van der Waals surface area contributed by atoms with E-state index in [0.29, 0.717) is 0 Å². The number of hydrogen-bond acceptors (Lipinski definition) is 0. The Bertz CT molecular complexity index is 145. The van der Waals surface area contributed by atoms with Gasteiger partial charge in [-0.3, -0.25) is 4.48 Å². The van der Waals surface area contributed by atoms with Gasteiger partial charge in [0.1, 0.15) is 0 Å². The minimum atomic E-state index is 1.14. The van der Waals surface area contributed by atoms with Crippen molar-refractivity contribution in [2.24, 2.45) is 0 Å². The van der Waals surface area contributed by atoms with Gasteiger partial charge in [-0.1, -0.05) is 33.6 Å². The second kappa shape index (κ2) is 8.96. The molecule has 90 valence electrons. The van der Waals surface area contributed by atoms with E-state index >= 15 is 0 Å². The molecule has 0 N–H and O–H groups in total. The van der Waals surface area contributed by atoms with Crippen LogP contribution in [0.5, 0.6) is 0 Å². The van der Waals surface area contributed by atoms with Crippen molar-refractivity contribution in [2.45, 2.75) is 59.3 Å². The van der Waals surface area contributed by atoms with Gasteiger partial charge in [-0.25, -0.2) is 0 Å². The third kappa shape index (κ3) is 5.99. The van der Waals surface area contributed by atoms with Crippen molar-refractivity contribution < 1.29 is 4.48 Å². The predicted molar refractivity (Wildman–Crippen MR) is 69.8 cm³/mol. The fourth-order valence-corrected chi connectivity index (χ4v) is 2.35. The van der Waals surface area contributed by atoms with Crippen LogP contribution in [0.25, 0.3) is 0 Å².